The molecule has 5 nitrogen and oxygen atoms in total. The van der Waals surface area contributed by atoms with Crippen molar-refractivity contribution in [2.45, 2.75) is 13.0 Å². The van der Waals surface area contributed by atoms with Crippen LogP contribution in [0.5, 0.6) is 0 Å². The average Bonchev–Trinajstić information content (AvgIpc) is 2.72. The molecule has 0 aliphatic heterocycles. The van der Waals surface area contributed by atoms with Gasteiger partial charge >= 0.3 is 5.97 Å². The van der Waals surface area contributed by atoms with Crippen molar-refractivity contribution in [1.29, 1.82) is 0 Å². The van der Waals surface area contributed by atoms with Crippen molar-refractivity contribution < 1.29 is 19.1 Å². The predicted octanol–water partition coefficient (Wildman–Crippen LogP) is 5.08. The number of Topliss-reactive ketones (excluding diaryl/α,β-unsaturated/α-hetero) is 1. The van der Waals surface area contributed by atoms with E-state index in [1.54, 1.807) is 72.8 Å². The summed E-state index contributed by atoms with van der Waals surface area (Å²) in [5.74, 6) is -1.28. The fourth-order valence-corrected chi connectivity index (χ4v) is 2.89. The first-order valence-electron chi connectivity index (χ1n) is 8.87. The number of carbonyl (C=O) groups excluding carboxylic acids is 3. The Bertz CT molecular complexity index is 1030. The summed E-state index contributed by atoms with van der Waals surface area (Å²) < 4.78 is 5.59. The number of halogens is 1. The standard InChI is InChI=1S/C23H18ClNO4/c1-15(26)25-20-9-5-8-18(14-20)23(28)29-22(17-10-12-19(24)13-11-17)21(27)16-6-3-2-4-7-16/h2-14,22H,1H3,(H,25,26)/t22-/m1/s1. The van der Waals surface area contributed by atoms with Gasteiger partial charge in [0.1, 0.15) is 0 Å². The molecule has 0 radical (unpaired) electrons. The summed E-state index contributed by atoms with van der Waals surface area (Å²) in [5.41, 5.74) is 1.61. The van der Waals surface area contributed by atoms with Crippen LogP contribution in [0, 0.1) is 0 Å². The van der Waals surface area contributed by atoms with E-state index in [2.05, 4.69) is 5.32 Å². The lowest BCUT2D eigenvalue weighted by atomic mass is 9.99. The number of carbonyl (C=O) groups is 3. The normalized spacial score (nSPS) is 11.4. The van der Waals surface area contributed by atoms with Gasteiger partial charge in [0.2, 0.25) is 11.7 Å². The van der Waals surface area contributed by atoms with Gasteiger partial charge in [-0.25, -0.2) is 4.79 Å². The first-order valence-corrected chi connectivity index (χ1v) is 9.25. The monoisotopic (exact) mass is 407 g/mol. The van der Waals surface area contributed by atoms with Gasteiger partial charge in [0, 0.05) is 28.8 Å². The number of nitrogens with one attached hydrogen (secondary N) is 1. The van der Waals surface area contributed by atoms with E-state index in [1.165, 1.54) is 13.0 Å². The largest absolute Gasteiger partial charge is 0.445 e. The second-order valence-electron chi connectivity index (χ2n) is 6.33. The van der Waals surface area contributed by atoms with E-state index in [4.69, 9.17) is 16.3 Å². The van der Waals surface area contributed by atoms with Crippen LogP contribution in [0.25, 0.3) is 0 Å². The minimum Gasteiger partial charge on any atom is -0.445 e. The van der Waals surface area contributed by atoms with Crippen molar-refractivity contribution in [2.24, 2.45) is 0 Å². The minimum atomic E-state index is -1.13. The number of ketones is 1. The first-order chi connectivity index (χ1) is 13.9. The van der Waals surface area contributed by atoms with E-state index < -0.39 is 12.1 Å². The van der Waals surface area contributed by atoms with Gasteiger partial charge in [-0.05, 0) is 30.3 Å². The van der Waals surface area contributed by atoms with Crippen LogP contribution in [0.3, 0.4) is 0 Å². The van der Waals surface area contributed by atoms with Crippen molar-refractivity contribution in [2.75, 3.05) is 5.32 Å². The van der Waals surface area contributed by atoms with Gasteiger partial charge in [-0.1, -0.05) is 60.1 Å². The zero-order valence-electron chi connectivity index (χ0n) is 15.6. The van der Waals surface area contributed by atoms with Crippen LogP contribution >= 0.6 is 11.6 Å². The molecule has 0 aliphatic carbocycles. The molecule has 3 aromatic carbocycles. The number of benzene rings is 3. The van der Waals surface area contributed by atoms with Crippen LogP contribution in [-0.4, -0.2) is 17.7 Å². The maximum Gasteiger partial charge on any atom is 0.339 e. The van der Waals surface area contributed by atoms with E-state index in [1.807, 2.05) is 0 Å². The van der Waals surface area contributed by atoms with Crippen molar-refractivity contribution in [1.82, 2.24) is 0 Å². The lowest BCUT2D eigenvalue weighted by Gasteiger charge is -2.18. The van der Waals surface area contributed by atoms with Gasteiger partial charge in [-0.15, -0.1) is 0 Å². The molecule has 1 atom stereocenters. The third-order valence-corrected chi connectivity index (χ3v) is 4.36. The van der Waals surface area contributed by atoms with E-state index in [-0.39, 0.29) is 17.3 Å². The summed E-state index contributed by atoms with van der Waals surface area (Å²) in [4.78, 5) is 37.0. The van der Waals surface area contributed by atoms with E-state index >= 15 is 0 Å². The highest BCUT2D eigenvalue weighted by Crippen LogP contribution is 2.26. The Morgan fingerprint density at radius 2 is 1.52 bits per heavy atom. The maximum absolute atomic E-state index is 13.0. The number of anilines is 1. The third kappa shape index (κ3) is 5.30. The lowest BCUT2D eigenvalue weighted by molar-refractivity contribution is -0.114. The molecular weight excluding hydrogens is 390 g/mol. The Kier molecular flexibility index (Phi) is 6.42. The summed E-state index contributed by atoms with van der Waals surface area (Å²) in [5, 5.41) is 3.12. The Labute approximate surface area is 173 Å². The highest BCUT2D eigenvalue weighted by molar-refractivity contribution is 6.30. The summed E-state index contributed by atoms with van der Waals surface area (Å²) in [6, 6.07) is 21.5. The van der Waals surface area contributed by atoms with Crippen LogP contribution in [0.15, 0.2) is 78.9 Å². The molecule has 0 unspecified atom stereocenters. The number of amides is 1. The number of hydrogen-bond donors (Lipinski definition) is 1. The second-order valence-corrected chi connectivity index (χ2v) is 6.77. The summed E-state index contributed by atoms with van der Waals surface area (Å²) in [6.07, 6.45) is -1.13. The molecule has 1 N–H and O–H groups in total. The van der Waals surface area contributed by atoms with E-state index in [9.17, 15) is 14.4 Å². The second kappa shape index (κ2) is 9.17. The highest BCUT2D eigenvalue weighted by atomic mass is 35.5. The molecule has 0 saturated heterocycles. The molecule has 29 heavy (non-hydrogen) atoms. The lowest BCUT2D eigenvalue weighted by Crippen LogP contribution is -2.20. The smallest absolute Gasteiger partial charge is 0.339 e. The molecule has 0 spiro atoms. The number of hydrogen-bond acceptors (Lipinski definition) is 4. The van der Waals surface area contributed by atoms with Gasteiger partial charge in [-0.2, -0.15) is 0 Å². The van der Waals surface area contributed by atoms with Crippen LogP contribution in [0.4, 0.5) is 5.69 Å². The van der Waals surface area contributed by atoms with Gasteiger partial charge < -0.3 is 10.1 Å². The molecular formula is C23H18ClNO4. The Hall–Kier alpha value is -3.44. The van der Waals surface area contributed by atoms with Crippen LogP contribution < -0.4 is 5.32 Å². The fourth-order valence-electron chi connectivity index (χ4n) is 2.77. The van der Waals surface area contributed by atoms with Crippen molar-refractivity contribution >= 4 is 34.9 Å². The first kappa shape index (κ1) is 20.3. The maximum atomic E-state index is 13.0. The summed E-state index contributed by atoms with van der Waals surface area (Å²) in [6.45, 7) is 1.38. The van der Waals surface area contributed by atoms with Gasteiger partial charge in [-0.3, -0.25) is 9.59 Å². The number of esters is 1. The van der Waals surface area contributed by atoms with E-state index in [0.29, 0.717) is 21.8 Å². The fraction of sp³-hybridized carbons (Fsp3) is 0.0870. The third-order valence-electron chi connectivity index (χ3n) is 4.11. The highest BCUT2D eigenvalue weighted by Gasteiger charge is 2.27. The molecule has 0 aliphatic rings. The molecule has 3 aromatic rings. The Morgan fingerprint density at radius 3 is 2.17 bits per heavy atom. The molecule has 6 heteroatoms. The van der Waals surface area contributed by atoms with Gasteiger partial charge in [0.25, 0.3) is 0 Å². The molecule has 0 heterocycles. The van der Waals surface area contributed by atoms with Gasteiger partial charge in [0.15, 0.2) is 6.10 Å². The quantitative estimate of drug-likeness (QED) is 0.457. The molecule has 146 valence electrons. The van der Waals surface area contributed by atoms with Gasteiger partial charge in [0.05, 0.1) is 5.56 Å². The van der Waals surface area contributed by atoms with Crippen molar-refractivity contribution in [3.05, 3.63) is 101 Å². The van der Waals surface area contributed by atoms with Crippen molar-refractivity contribution in [3.63, 3.8) is 0 Å². The summed E-state index contributed by atoms with van der Waals surface area (Å²) >= 11 is 5.95. The topological polar surface area (TPSA) is 72.5 Å². The van der Waals surface area contributed by atoms with E-state index in [0.717, 1.165) is 0 Å². The Balaban J connectivity index is 1.90. The SMILES string of the molecule is CC(=O)Nc1cccc(C(=O)O[C@@H](C(=O)c2ccccc2)c2ccc(Cl)cc2)c1. The molecule has 0 fully saturated rings. The Morgan fingerprint density at radius 1 is 0.862 bits per heavy atom. The van der Waals surface area contributed by atoms with Crippen LogP contribution in [0.2, 0.25) is 5.02 Å². The zero-order chi connectivity index (χ0) is 20.8. The van der Waals surface area contributed by atoms with Crippen LogP contribution in [-0.2, 0) is 9.53 Å². The number of rotatable bonds is 6. The average molecular weight is 408 g/mol. The predicted molar refractivity (Wildman–Crippen MR) is 111 cm³/mol. The molecule has 0 bridgehead atoms. The molecule has 0 aromatic heterocycles. The van der Waals surface area contributed by atoms with Crippen molar-refractivity contribution in [3.8, 4) is 0 Å². The minimum absolute atomic E-state index is 0.219. The number of ether oxygens (including phenoxy) is 1. The summed E-state index contributed by atoms with van der Waals surface area (Å²) in [7, 11) is 0. The zero-order valence-corrected chi connectivity index (χ0v) is 16.3. The molecule has 1 amide bonds. The molecule has 0 saturated carbocycles. The van der Waals surface area contributed by atoms with Crippen LogP contribution in [0.1, 0.15) is 39.3 Å². The molecule has 3 rings (SSSR count).